The van der Waals surface area contributed by atoms with Crippen molar-refractivity contribution in [3.8, 4) is 0 Å². The second kappa shape index (κ2) is 8.82. The number of nitrogens with zero attached hydrogens (tertiary/aromatic N) is 3. The molecule has 0 radical (unpaired) electrons. The summed E-state index contributed by atoms with van der Waals surface area (Å²) in [4.78, 5) is 6.82. The van der Waals surface area contributed by atoms with Crippen LogP contribution in [-0.4, -0.2) is 43.1 Å². The Morgan fingerprint density at radius 2 is 2.14 bits per heavy atom. The first-order valence-electron chi connectivity index (χ1n) is 9.83. The minimum absolute atomic E-state index is 0.516. The van der Waals surface area contributed by atoms with Crippen LogP contribution in [0.1, 0.15) is 31.4 Å². The minimum atomic E-state index is -0.516. The van der Waals surface area contributed by atoms with Gasteiger partial charge >= 0.3 is 0 Å². The van der Waals surface area contributed by atoms with E-state index in [9.17, 15) is 0 Å². The fourth-order valence-electron chi connectivity index (χ4n) is 3.27. The van der Waals surface area contributed by atoms with Crippen molar-refractivity contribution in [3.63, 3.8) is 0 Å². The molecule has 6 heteroatoms. The molecule has 1 unspecified atom stereocenters. The Labute approximate surface area is 177 Å². The fraction of sp³-hybridized carbons (Fsp3) is 0.348. The Bertz CT molecular complexity index is 963. The maximum Gasteiger partial charge on any atom is 0.183 e. The molecule has 3 rings (SSSR count). The maximum atomic E-state index is 4.79. The van der Waals surface area contributed by atoms with Crippen LogP contribution in [0.25, 0.3) is 5.70 Å². The number of rotatable bonds is 6. The molecule has 2 aliphatic rings. The molecule has 0 saturated carbocycles. The van der Waals surface area contributed by atoms with Crippen molar-refractivity contribution in [3.05, 3.63) is 59.2 Å². The monoisotopic (exact) mass is 409 g/mol. The average molecular weight is 410 g/mol. The van der Waals surface area contributed by atoms with Crippen molar-refractivity contribution in [1.29, 1.82) is 0 Å². The molecule has 1 atom stereocenters. The van der Waals surface area contributed by atoms with Gasteiger partial charge in [0.2, 0.25) is 0 Å². The van der Waals surface area contributed by atoms with E-state index in [-0.39, 0.29) is 0 Å². The van der Waals surface area contributed by atoms with Crippen LogP contribution in [0, 0.1) is 12.8 Å². The highest BCUT2D eigenvalue weighted by molar-refractivity contribution is 8.12. The quantitative estimate of drug-likeness (QED) is 0.665. The molecule has 2 N–H and O–H groups in total. The van der Waals surface area contributed by atoms with Crippen LogP contribution < -0.4 is 10.0 Å². The smallest absolute Gasteiger partial charge is 0.183 e. The highest BCUT2D eigenvalue weighted by Crippen LogP contribution is 2.27. The largest absolute Gasteiger partial charge is 0.378 e. The van der Waals surface area contributed by atoms with Crippen LogP contribution in [0.15, 0.2) is 57.5 Å². The van der Waals surface area contributed by atoms with Crippen molar-refractivity contribution in [2.45, 2.75) is 27.2 Å². The predicted octanol–water partition coefficient (Wildman–Crippen LogP) is 4.78. The molecule has 1 aromatic carbocycles. The zero-order valence-electron chi connectivity index (χ0n) is 18.0. The van der Waals surface area contributed by atoms with Gasteiger partial charge in [0.15, 0.2) is 11.7 Å². The van der Waals surface area contributed by atoms with Crippen LogP contribution in [0.3, 0.4) is 0 Å². The number of aliphatic imine (C=N–C) groups is 1. The van der Waals surface area contributed by atoms with E-state index in [1.165, 1.54) is 11.1 Å². The van der Waals surface area contributed by atoms with Gasteiger partial charge in [0, 0.05) is 41.9 Å². The zero-order chi connectivity index (χ0) is 21.1. The van der Waals surface area contributed by atoms with E-state index in [2.05, 4.69) is 71.9 Å². The van der Waals surface area contributed by atoms with Gasteiger partial charge in [0.1, 0.15) is 0 Å². The molecule has 1 heterocycles. The Morgan fingerprint density at radius 1 is 1.38 bits per heavy atom. The molecule has 1 aliphatic heterocycles. The highest BCUT2D eigenvalue weighted by atomic mass is 32.2. The molecule has 0 amide bonds. The number of nitrogens with one attached hydrogen (secondary N) is 2. The number of anilines is 1. The third-order valence-electron chi connectivity index (χ3n) is 5.16. The Kier molecular flexibility index (Phi) is 6.42. The van der Waals surface area contributed by atoms with Crippen molar-refractivity contribution in [1.82, 2.24) is 9.62 Å². The van der Waals surface area contributed by atoms with E-state index in [0.717, 1.165) is 40.6 Å². The highest BCUT2D eigenvalue weighted by Gasteiger charge is 2.19. The molecule has 29 heavy (non-hydrogen) atoms. The van der Waals surface area contributed by atoms with Crippen molar-refractivity contribution >= 4 is 39.8 Å². The standard InChI is InChI=1S/C23H31N5S/c1-15(2)19-12-11-18(13-19)14-24-22-23(27-29(7)26-22)25-21-10-8-9-20(16(21)3)17(4)28(5)6/h8-10,12-13,15H,4,7,11,14H2,1-3,5-6H3,(H,24,26)(H,25,27). The van der Waals surface area contributed by atoms with Crippen LogP contribution in [-0.2, 0) is 0 Å². The summed E-state index contributed by atoms with van der Waals surface area (Å²) in [6.45, 7) is 11.4. The van der Waals surface area contributed by atoms with E-state index in [0.29, 0.717) is 12.5 Å². The summed E-state index contributed by atoms with van der Waals surface area (Å²) in [5.41, 5.74) is 6.96. The molecule has 1 aromatic rings. The van der Waals surface area contributed by atoms with E-state index in [1.54, 1.807) is 0 Å². The van der Waals surface area contributed by atoms with E-state index >= 15 is 0 Å². The van der Waals surface area contributed by atoms with E-state index in [4.69, 9.17) is 4.99 Å². The van der Waals surface area contributed by atoms with Gasteiger partial charge in [0.05, 0.1) is 6.54 Å². The summed E-state index contributed by atoms with van der Waals surface area (Å²) >= 11 is 0. The van der Waals surface area contributed by atoms with E-state index in [1.807, 2.05) is 25.1 Å². The first-order valence-corrected chi connectivity index (χ1v) is 11.2. The average Bonchev–Trinajstić information content (AvgIpc) is 3.27. The van der Waals surface area contributed by atoms with E-state index < -0.39 is 10.9 Å². The lowest BCUT2D eigenvalue weighted by Gasteiger charge is -2.20. The van der Waals surface area contributed by atoms with Gasteiger partial charge in [-0.15, -0.1) is 0 Å². The lowest BCUT2D eigenvalue weighted by atomic mass is 10.0. The van der Waals surface area contributed by atoms with Crippen LogP contribution in [0.5, 0.6) is 0 Å². The number of amidine groups is 2. The van der Waals surface area contributed by atoms with Crippen molar-refractivity contribution in [2.75, 3.05) is 26.0 Å². The number of benzene rings is 1. The number of allylic oxidation sites excluding steroid dienone is 3. The summed E-state index contributed by atoms with van der Waals surface area (Å²) in [7, 11) is 3.49. The fourth-order valence-corrected chi connectivity index (χ4v) is 4.06. The first-order chi connectivity index (χ1) is 13.8. The van der Waals surface area contributed by atoms with Gasteiger partial charge in [0.25, 0.3) is 0 Å². The summed E-state index contributed by atoms with van der Waals surface area (Å²) in [5, 5.41) is 3.46. The van der Waals surface area contributed by atoms with Crippen LogP contribution in [0.2, 0.25) is 0 Å². The predicted molar refractivity (Wildman–Crippen MR) is 131 cm³/mol. The summed E-state index contributed by atoms with van der Waals surface area (Å²) in [5.74, 6) is 6.13. The second-order valence-corrected chi connectivity index (χ2v) is 9.00. The minimum Gasteiger partial charge on any atom is -0.378 e. The molecule has 0 saturated heterocycles. The summed E-state index contributed by atoms with van der Waals surface area (Å²) in [6, 6.07) is 6.18. The second-order valence-electron chi connectivity index (χ2n) is 7.88. The molecule has 154 valence electrons. The lowest BCUT2D eigenvalue weighted by Crippen LogP contribution is -2.28. The van der Waals surface area contributed by atoms with Gasteiger partial charge in [-0.25, -0.2) is 0 Å². The number of hydrogen-bond acceptors (Lipinski definition) is 4. The van der Waals surface area contributed by atoms with Crippen LogP contribution >= 0.6 is 10.9 Å². The topological polar surface area (TPSA) is 52.0 Å². The Morgan fingerprint density at radius 3 is 2.79 bits per heavy atom. The van der Waals surface area contributed by atoms with Gasteiger partial charge in [-0.05, 0) is 47.9 Å². The Balaban J connectivity index is 1.77. The molecule has 0 spiro atoms. The van der Waals surface area contributed by atoms with Gasteiger partial charge in [-0.1, -0.05) is 44.7 Å². The number of hydrogen-bond donors (Lipinski definition) is 2. The van der Waals surface area contributed by atoms with Crippen LogP contribution in [0.4, 0.5) is 5.69 Å². The SMILES string of the molecule is C=C(c1cccc(NC2=NS(=C)NC2=NCC2=CC(C(C)C)=CC2)c1C)N(C)C. The normalized spacial score (nSPS) is 19.7. The van der Waals surface area contributed by atoms with Gasteiger partial charge in [-0.2, -0.15) is 4.40 Å². The molecule has 0 aromatic heterocycles. The summed E-state index contributed by atoms with van der Waals surface area (Å²) < 4.78 is 7.91. The molecule has 0 bridgehead atoms. The zero-order valence-corrected chi connectivity index (χ0v) is 18.9. The van der Waals surface area contributed by atoms with Crippen molar-refractivity contribution in [2.24, 2.45) is 15.3 Å². The summed E-state index contributed by atoms with van der Waals surface area (Å²) in [6.07, 6.45) is 5.56. The van der Waals surface area contributed by atoms with Crippen molar-refractivity contribution < 1.29 is 0 Å². The molecule has 5 nitrogen and oxygen atoms in total. The lowest BCUT2D eigenvalue weighted by molar-refractivity contribution is 0.593. The third-order valence-corrected chi connectivity index (χ3v) is 5.99. The molecular weight excluding hydrogens is 378 g/mol. The molecule has 1 aliphatic carbocycles. The van der Waals surface area contributed by atoms with Gasteiger partial charge in [-0.3, -0.25) is 9.71 Å². The Hall–Kier alpha value is -2.60. The van der Waals surface area contributed by atoms with Gasteiger partial charge < -0.3 is 10.2 Å². The third kappa shape index (κ3) is 4.88. The first kappa shape index (κ1) is 21.1. The molecule has 0 fully saturated rings. The molecular formula is C23H31N5S. The maximum absolute atomic E-state index is 4.79.